The second-order valence-electron chi connectivity index (χ2n) is 13.7. The van der Waals surface area contributed by atoms with Gasteiger partial charge in [0.1, 0.15) is 12.1 Å². The van der Waals surface area contributed by atoms with E-state index in [1.54, 1.807) is 49.3 Å². The van der Waals surface area contributed by atoms with Crippen molar-refractivity contribution in [3.05, 3.63) is 95.6 Å². The van der Waals surface area contributed by atoms with Crippen LogP contribution in [-0.4, -0.2) is 59.9 Å². The first-order valence-corrected chi connectivity index (χ1v) is 17.6. The number of nitrogens with one attached hydrogen (secondary N) is 2. The number of rotatable bonds is 10. The Morgan fingerprint density at radius 1 is 0.900 bits per heavy atom. The third-order valence-electron chi connectivity index (χ3n) is 10.2. The summed E-state index contributed by atoms with van der Waals surface area (Å²) in [6.45, 7) is 0.148. The highest BCUT2D eigenvalue weighted by Gasteiger charge is 2.43. The van der Waals surface area contributed by atoms with Crippen molar-refractivity contribution in [1.29, 1.82) is 0 Å². The maximum absolute atomic E-state index is 14.1. The molecule has 1 heterocycles. The highest BCUT2D eigenvalue weighted by molar-refractivity contribution is 6.06. The number of carbonyl (C=O) groups excluding carboxylic acids is 4. The number of esters is 1. The summed E-state index contributed by atoms with van der Waals surface area (Å²) >= 11 is 0. The smallest absolute Gasteiger partial charge is 0.330 e. The Balaban J connectivity index is 1.33. The third kappa shape index (κ3) is 7.37. The average Bonchev–Trinajstić information content (AvgIpc) is 3.75. The summed E-state index contributed by atoms with van der Waals surface area (Å²) in [6, 6.07) is 23.2. The number of nitrogens with zero attached hydrogens (tertiary/aromatic N) is 2. The molecule has 6 rings (SSSR count). The number of anilines is 1. The van der Waals surface area contributed by atoms with Crippen molar-refractivity contribution in [1.82, 2.24) is 14.8 Å². The summed E-state index contributed by atoms with van der Waals surface area (Å²) in [6.07, 6.45) is 11.4. The molecule has 260 valence electrons. The molecule has 2 saturated carbocycles. The normalized spacial score (nSPS) is 16.0. The molecule has 9 heteroatoms. The predicted molar refractivity (Wildman–Crippen MR) is 197 cm³/mol. The van der Waals surface area contributed by atoms with E-state index in [9.17, 15) is 19.2 Å². The highest BCUT2D eigenvalue weighted by atomic mass is 16.5. The minimum absolute atomic E-state index is 0.0294. The van der Waals surface area contributed by atoms with E-state index < -0.39 is 11.5 Å². The zero-order valence-electron chi connectivity index (χ0n) is 29.2. The molecule has 0 saturated heterocycles. The molecule has 1 aromatic heterocycles. The topological polar surface area (TPSA) is 110 Å². The maximum atomic E-state index is 14.1. The number of carbonyl (C=O) groups is 4. The summed E-state index contributed by atoms with van der Waals surface area (Å²) in [4.78, 5) is 54.3. The van der Waals surface area contributed by atoms with E-state index in [0.717, 1.165) is 53.4 Å². The molecule has 0 aliphatic heterocycles. The molecule has 2 N–H and O–H groups in total. The second-order valence-corrected chi connectivity index (χ2v) is 13.7. The Kier molecular flexibility index (Phi) is 10.5. The van der Waals surface area contributed by atoms with Gasteiger partial charge in [0.2, 0.25) is 11.8 Å². The van der Waals surface area contributed by atoms with Crippen molar-refractivity contribution < 1.29 is 23.9 Å². The van der Waals surface area contributed by atoms with Gasteiger partial charge in [-0.25, -0.2) is 4.79 Å². The van der Waals surface area contributed by atoms with Gasteiger partial charge in [-0.3, -0.25) is 14.4 Å². The summed E-state index contributed by atoms with van der Waals surface area (Å²) in [5.41, 5.74) is 4.96. The SMILES string of the molecule is COC(=O)C=Cc1ccc(NC(=O)C2(NC(=O)c3ccc4c(C5CCCCC5)c(-c5ccccc5)n(CC(=O)N(C)C)c4c3)CCCC2)cc1. The zero-order valence-corrected chi connectivity index (χ0v) is 29.2. The van der Waals surface area contributed by atoms with Crippen LogP contribution in [0.3, 0.4) is 0 Å². The van der Waals surface area contributed by atoms with E-state index in [1.807, 2.05) is 36.4 Å². The van der Waals surface area contributed by atoms with Crippen LogP contribution in [0.15, 0.2) is 78.9 Å². The Morgan fingerprint density at radius 2 is 1.60 bits per heavy atom. The van der Waals surface area contributed by atoms with Crippen LogP contribution < -0.4 is 10.6 Å². The standard InChI is InChI=1S/C41H46N4O5/c1-44(2)35(46)27-45-34-26-31(19-22-33(34)37(29-12-6-4-7-13-29)38(45)30-14-8-5-9-15-30)39(48)43-41(24-10-11-25-41)40(49)42-32-20-16-28(17-21-32)18-23-36(47)50-3/h5,8-9,14-23,26,29H,4,6-7,10-13,24-25,27H2,1-3H3,(H,42,49)(H,43,48). The summed E-state index contributed by atoms with van der Waals surface area (Å²) < 4.78 is 6.74. The molecule has 2 fully saturated rings. The number of aromatic nitrogens is 1. The lowest BCUT2D eigenvalue weighted by Crippen LogP contribution is -2.55. The molecule has 0 spiro atoms. The molecular formula is C41H46N4O5. The predicted octanol–water partition coefficient (Wildman–Crippen LogP) is 7.31. The Labute approximate surface area is 293 Å². The van der Waals surface area contributed by atoms with Gasteiger partial charge in [-0.2, -0.15) is 0 Å². The van der Waals surface area contributed by atoms with Gasteiger partial charge >= 0.3 is 5.97 Å². The Bertz CT molecular complexity index is 1900. The van der Waals surface area contributed by atoms with Gasteiger partial charge in [0.25, 0.3) is 5.91 Å². The van der Waals surface area contributed by atoms with Crippen LogP contribution in [0.1, 0.15) is 85.2 Å². The highest BCUT2D eigenvalue weighted by Crippen LogP contribution is 2.44. The summed E-state index contributed by atoms with van der Waals surface area (Å²) in [7, 11) is 4.85. The maximum Gasteiger partial charge on any atom is 0.330 e. The third-order valence-corrected chi connectivity index (χ3v) is 10.2. The number of hydrogen-bond acceptors (Lipinski definition) is 5. The van der Waals surface area contributed by atoms with Crippen molar-refractivity contribution in [3.63, 3.8) is 0 Å². The minimum atomic E-state index is -1.05. The molecule has 4 aromatic rings. The number of fused-ring (bicyclic) bond motifs is 1. The van der Waals surface area contributed by atoms with Crippen LogP contribution in [0.25, 0.3) is 28.2 Å². The first-order chi connectivity index (χ1) is 24.2. The number of hydrogen-bond donors (Lipinski definition) is 2. The van der Waals surface area contributed by atoms with Crippen LogP contribution >= 0.6 is 0 Å². The van der Waals surface area contributed by atoms with Crippen LogP contribution in [-0.2, 0) is 25.7 Å². The number of ether oxygens (including phenoxy) is 1. The average molecular weight is 675 g/mol. The largest absolute Gasteiger partial charge is 0.466 e. The number of amides is 3. The molecule has 9 nitrogen and oxygen atoms in total. The Morgan fingerprint density at radius 3 is 2.26 bits per heavy atom. The quantitative estimate of drug-likeness (QED) is 0.135. The van der Waals surface area contributed by atoms with Gasteiger partial charge in [-0.1, -0.05) is 80.6 Å². The zero-order chi connectivity index (χ0) is 35.3. The van der Waals surface area contributed by atoms with Crippen molar-refractivity contribution in [2.24, 2.45) is 0 Å². The van der Waals surface area contributed by atoms with Crippen molar-refractivity contribution in [3.8, 4) is 11.3 Å². The number of benzene rings is 3. The van der Waals surface area contributed by atoms with Crippen LogP contribution in [0, 0.1) is 0 Å². The van der Waals surface area contributed by atoms with Gasteiger partial charge in [-0.05, 0) is 78.6 Å². The molecular weight excluding hydrogens is 628 g/mol. The van der Waals surface area contributed by atoms with Gasteiger partial charge in [-0.15, -0.1) is 0 Å². The van der Waals surface area contributed by atoms with E-state index in [1.165, 1.54) is 38.0 Å². The second kappa shape index (κ2) is 15.2. The van der Waals surface area contributed by atoms with E-state index in [4.69, 9.17) is 0 Å². The molecule has 0 unspecified atom stereocenters. The molecule has 3 amide bonds. The molecule has 0 bridgehead atoms. The fourth-order valence-corrected chi connectivity index (χ4v) is 7.51. The minimum Gasteiger partial charge on any atom is -0.466 e. The summed E-state index contributed by atoms with van der Waals surface area (Å²) in [5, 5.41) is 7.21. The van der Waals surface area contributed by atoms with Crippen LogP contribution in [0.4, 0.5) is 5.69 Å². The molecule has 50 heavy (non-hydrogen) atoms. The molecule has 2 aliphatic carbocycles. The number of likely N-dealkylation sites (N-methyl/N-ethyl adjacent to an activating group) is 1. The molecule has 3 aromatic carbocycles. The first-order valence-electron chi connectivity index (χ1n) is 17.6. The lowest BCUT2D eigenvalue weighted by molar-refractivity contribution is -0.134. The Hall–Kier alpha value is -5.18. The van der Waals surface area contributed by atoms with E-state index in [2.05, 4.69) is 32.1 Å². The lowest BCUT2D eigenvalue weighted by atomic mass is 9.81. The van der Waals surface area contributed by atoms with E-state index >= 15 is 0 Å². The van der Waals surface area contributed by atoms with Gasteiger partial charge < -0.3 is 24.8 Å². The van der Waals surface area contributed by atoms with Crippen LogP contribution in [0.2, 0.25) is 0 Å². The fraction of sp³-hybridized carbons (Fsp3) is 0.366. The molecule has 2 aliphatic rings. The van der Waals surface area contributed by atoms with Gasteiger partial charge in [0.05, 0.1) is 18.3 Å². The van der Waals surface area contributed by atoms with Gasteiger partial charge in [0.15, 0.2) is 0 Å². The molecule has 0 atom stereocenters. The lowest BCUT2D eigenvalue weighted by Gasteiger charge is -2.29. The van der Waals surface area contributed by atoms with E-state index in [0.29, 0.717) is 30.0 Å². The first kappa shape index (κ1) is 34.7. The van der Waals surface area contributed by atoms with Crippen molar-refractivity contribution in [2.45, 2.75) is 75.8 Å². The fourth-order valence-electron chi connectivity index (χ4n) is 7.51. The monoisotopic (exact) mass is 674 g/mol. The van der Waals surface area contributed by atoms with Crippen LogP contribution in [0.5, 0.6) is 0 Å². The number of methoxy groups -OCH3 is 1. The van der Waals surface area contributed by atoms with Crippen molar-refractivity contribution >= 4 is 46.4 Å². The summed E-state index contributed by atoms with van der Waals surface area (Å²) in [5.74, 6) is -0.692. The van der Waals surface area contributed by atoms with Gasteiger partial charge in [0, 0.05) is 36.8 Å². The van der Waals surface area contributed by atoms with Crippen molar-refractivity contribution in [2.75, 3.05) is 26.5 Å². The molecule has 0 radical (unpaired) electrons. The van der Waals surface area contributed by atoms with E-state index in [-0.39, 0.29) is 24.3 Å².